The molecule has 3 heterocycles. The fraction of sp³-hybridized carbons (Fsp3) is 0.185. The van der Waals surface area contributed by atoms with Crippen LogP contribution in [-0.4, -0.2) is 14.1 Å². The Labute approximate surface area is 368 Å². The maximum absolute atomic E-state index is 6.76. The molecule has 0 aliphatic rings. The fourth-order valence-electron chi connectivity index (χ4n) is 7.83. The summed E-state index contributed by atoms with van der Waals surface area (Å²) in [5.41, 5.74) is 12.8. The van der Waals surface area contributed by atoms with E-state index in [0.29, 0.717) is 11.5 Å². The first-order chi connectivity index (χ1) is 28.3. The van der Waals surface area contributed by atoms with Gasteiger partial charge in [-0.1, -0.05) is 126 Å². The molecular weight excluding hydrogens is 916 g/mol. The van der Waals surface area contributed by atoms with Gasteiger partial charge in [0.15, 0.2) is 0 Å². The third kappa shape index (κ3) is 7.75. The van der Waals surface area contributed by atoms with Crippen molar-refractivity contribution >= 4 is 21.8 Å². The van der Waals surface area contributed by atoms with Crippen LogP contribution in [0.2, 0.25) is 0 Å². The second kappa shape index (κ2) is 15.9. The third-order valence-corrected chi connectivity index (χ3v) is 11.3. The fourth-order valence-corrected chi connectivity index (χ4v) is 7.83. The molecule has 0 fully saturated rings. The van der Waals surface area contributed by atoms with E-state index in [1.807, 2.05) is 12.3 Å². The van der Waals surface area contributed by atoms with E-state index in [4.69, 9.17) is 9.72 Å². The molecule has 0 unspecified atom stereocenters. The van der Waals surface area contributed by atoms with Gasteiger partial charge in [-0.25, -0.2) is 4.98 Å². The molecule has 60 heavy (non-hydrogen) atoms. The number of pyridine rings is 1. The summed E-state index contributed by atoms with van der Waals surface area (Å²) in [7, 11) is 0. The monoisotopic (exact) mass is 963 g/mol. The molecular formula is C54H48N4OPt-2. The van der Waals surface area contributed by atoms with Gasteiger partial charge in [0.25, 0.3) is 6.33 Å². The number of para-hydroxylation sites is 1. The van der Waals surface area contributed by atoms with Gasteiger partial charge in [0.1, 0.15) is 5.82 Å². The van der Waals surface area contributed by atoms with Crippen LogP contribution in [0.1, 0.15) is 64.1 Å². The van der Waals surface area contributed by atoms with Crippen LogP contribution in [0.25, 0.3) is 61.3 Å². The van der Waals surface area contributed by atoms with Gasteiger partial charge in [0.05, 0.1) is 11.4 Å². The second-order valence-electron chi connectivity index (χ2n) is 17.5. The molecule has 0 bridgehead atoms. The quantitative estimate of drug-likeness (QED) is 0.118. The largest absolute Gasteiger partial charge is 0.510 e. The Morgan fingerprint density at radius 1 is 0.583 bits per heavy atom. The Morgan fingerprint density at radius 3 is 1.87 bits per heavy atom. The SMILES string of the molecule is Cc1c(C)[n+](-c2cc(-c3ccccc3)cc(-c3ccccc3)c2)[c-]n1-c1[c-]c(Oc2[c-]c3c(cc2)c2ccccc2n3-c2cc(C(C)(C)C)ccn2)cc(C(C)(C)C)c1.[Pt]. The molecule has 0 aliphatic heterocycles. The average Bonchev–Trinajstić information content (AvgIpc) is 3.73. The molecule has 0 amide bonds. The number of aromatic nitrogens is 4. The van der Waals surface area contributed by atoms with Crippen molar-refractivity contribution in [3.63, 3.8) is 0 Å². The number of ether oxygens (including phenoxy) is 1. The van der Waals surface area contributed by atoms with Gasteiger partial charge in [-0.3, -0.25) is 4.57 Å². The number of rotatable bonds is 7. The minimum atomic E-state index is -0.160. The summed E-state index contributed by atoms with van der Waals surface area (Å²) in [5, 5.41) is 2.23. The normalized spacial score (nSPS) is 11.9. The molecule has 302 valence electrons. The van der Waals surface area contributed by atoms with Gasteiger partial charge >= 0.3 is 0 Å². The van der Waals surface area contributed by atoms with Crippen LogP contribution in [0.15, 0.2) is 146 Å². The van der Waals surface area contributed by atoms with Crippen molar-refractivity contribution in [3.05, 3.63) is 187 Å². The van der Waals surface area contributed by atoms with Crippen LogP contribution in [0.4, 0.5) is 0 Å². The van der Waals surface area contributed by atoms with E-state index in [9.17, 15) is 0 Å². The Morgan fingerprint density at radius 2 is 1.22 bits per heavy atom. The zero-order chi connectivity index (χ0) is 41.1. The van der Waals surface area contributed by atoms with Crippen molar-refractivity contribution in [2.75, 3.05) is 0 Å². The van der Waals surface area contributed by atoms with Crippen molar-refractivity contribution < 1.29 is 30.4 Å². The van der Waals surface area contributed by atoms with Crippen LogP contribution in [0, 0.1) is 32.3 Å². The van der Waals surface area contributed by atoms with Crippen molar-refractivity contribution in [1.82, 2.24) is 14.1 Å². The minimum Gasteiger partial charge on any atom is -0.510 e. The molecule has 0 atom stereocenters. The maximum Gasteiger partial charge on any atom is 0.267 e. The number of imidazole rings is 1. The van der Waals surface area contributed by atoms with Gasteiger partial charge in [-0.15, -0.1) is 29.7 Å². The topological polar surface area (TPSA) is 35.9 Å². The summed E-state index contributed by atoms with van der Waals surface area (Å²) in [6.07, 6.45) is 5.62. The number of benzene rings is 6. The van der Waals surface area contributed by atoms with E-state index in [-0.39, 0.29) is 31.9 Å². The molecule has 0 N–H and O–H groups in total. The minimum absolute atomic E-state index is 0. The molecule has 5 nitrogen and oxygen atoms in total. The van der Waals surface area contributed by atoms with Crippen LogP contribution in [-0.2, 0) is 31.9 Å². The van der Waals surface area contributed by atoms with E-state index in [1.165, 1.54) is 16.7 Å². The number of hydrogen-bond acceptors (Lipinski definition) is 2. The molecule has 9 rings (SSSR count). The average molecular weight is 964 g/mol. The number of nitrogens with zero attached hydrogens (tertiary/aromatic N) is 4. The summed E-state index contributed by atoms with van der Waals surface area (Å²) < 4.78 is 13.2. The molecule has 9 aromatic rings. The Bertz CT molecular complexity index is 2940. The molecule has 0 aliphatic carbocycles. The van der Waals surface area contributed by atoms with Gasteiger partial charge in [-0.05, 0) is 100.0 Å². The predicted octanol–water partition coefficient (Wildman–Crippen LogP) is 13.0. The van der Waals surface area contributed by atoms with Crippen molar-refractivity contribution in [2.24, 2.45) is 0 Å². The van der Waals surface area contributed by atoms with Crippen molar-refractivity contribution in [1.29, 1.82) is 0 Å². The van der Waals surface area contributed by atoms with E-state index >= 15 is 0 Å². The molecule has 0 saturated carbocycles. The molecule has 0 saturated heterocycles. The summed E-state index contributed by atoms with van der Waals surface area (Å²) >= 11 is 0. The molecule has 6 heteroatoms. The smallest absolute Gasteiger partial charge is 0.267 e. The van der Waals surface area contributed by atoms with Crippen LogP contribution >= 0.6 is 0 Å². The molecule has 0 radical (unpaired) electrons. The van der Waals surface area contributed by atoms with Crippen LogP contribution < -0.4 is 9.30 Å². The maximum atomic E-state index is 6.76. The summed E-state index contributed by atoms with van der Waals surface area (Å²) in [5.74, 6) is 2.07. The first-order valence-corrected chi connectivity index (χ1v) is 20.3. The van der Waals surface area contributed by atoms with Gasteiger partial charge in [0.2, 0.25) is 0 Å². The van der Waals surface area contributed by atoms with E-state index in [2.05, 4.69) is 221 Å². The third-order valence-electron chi connectivity index (χ3n) is 11.3. The van der Waals surface area contributed by atoms with Crippen molar-refractivity contribution in [3.8, 4) is 50.9 Å². The van der Waals surface area contributed by atoms with E-state index in [1.54, 1.807) is 0 Å². The Kier molecular flexibility index (Phi) is 10.8. The first-order valence-electron chi connectivity index (χ1n) is 20.3. The molecule has 0 spiro atoms. The van der Waals surface area contributed by atoms with Crippen LogP contribution in [0.3, 0.4) is 0 Å². The standard InChI is InChI=1S/C54H48N4O.Pt/c1-36-37(2)57(35-56(36)44-28-40(38-17-11-9-12-18-38)27-41(29-44)39-19-13-10-14-20-39)45-30-43(54(6,7)8)31-47(33-45)59-46-23-24-49-48-21-15-16-22-50(48)58(51(49)34-46)52-32-42(25-26-55-52)53(3,4)5;/h9-32H,1-8H3;/q-2;. The summed E-state index contributed by atoms with van der Waals surface area (Å²) in [6, 6.07) is 56.4. The Balaban J connectivity index is 0.00000499. The van der Waals surface area contributed by atoms with E-state index < -0.39 is 0 Å². The zero-order valence-corrected chi connectivity index (χ0v) is 37.6. The van der Waals surface area contributed by atoms with E-state index in [0.717, 1.165) is 67.1 Å². The van der Waals surface area contributed by atoms with Gasteiger partial charge < -0.3 is 13.9 Å². The van der Waals surface area contributed by atoms with Crippen LogP contribution in [0.5, 0.6) is 11.5 Å². The zero-order valence-electron chi connectivity index (χ0n) is 35.4. The number of hydrogen-bond donors (Lipinski definition) is 0. The summed E-state index contributed by atoms with van der Waals surface area (Å²) in [6.45, 7) is 17.7. The number of fused-ring (bicyclic) bond motifs is 3. The summed E-state index contributed by atoms with van der Waals surface area (Å²) in [4.78, 5) is 4.86. The first kappa shape index (κ1) is 40.7. The molecule has 6 aromatic carbocycles. The van der Waals surface area contributed by atoms with Gasteiger partial charge in [0, 0.05) is 50.0 Å². The Hall–Kier alpha value is -6.03. The van der Waals surface area contributed by atoms with Crippen molar-refractivity contribution in [2.45, 2.75) is 66.2 Å². The second-order valence-corrected chi connectivity index (χ2v) is 17.5. The predicted molar refractivity (Wildman–Crippen MR) is 240 cm³/mol. The van der Waals surface area contributed by atoms with Gasteiger partial charge in [-0.2, -0.15) is 17.7 Å². The molecule has 3 aromatic heterocycles.